The number of nitrogens with one attached hydrogen (secondary N) is 1. The van der Waals surface area contributed by atoms with E-state index in [4.69, 9.17) is 36.5 Å². The largest absolute Gasteiger partial charge is 0.497 e. The van der Waals surface area contributed by atoms with Gasteiger partial charge in [0.2, 0.25) is 5.91 Å². The molecule has 2 heterocycles. The Morgan fingerprint density at radius 3 is 2.49 bits per heavy atom. The molecule has 0 bridgehead atoms. The molecule has 0 aliphatic carbocycles. The number of amides is 1. The number of hydrogen-bond acceptors (Lipinski definition) is 8. The molecule has 2 aromatic carbocycles. The summed E-state index contributed by atoms with van der Waals surface area (Å²) in [5, 5.41) is 3.98. The zero-order valence-electron chi connectivity index (χ0n) is 22.4. The van der Waals surface area contributed by atoms with Crippen molar-refractivity contribution in [1.29, 1.82) is 0 Å². The molecule has 0 aliphatic rings. The maximum atomic E-state index is 11.8. The number of halogens is 1. The van der Waals surface area contributed by atoms with E-state index in [-0.39, 0.29) is 6.61 Å². The lowest BCUT2D eigenvalue weighted by molar-refractivity contribution is -0.150. The van der Waals surface area contributed by atoms with Crippen LogP contribution in [0.15, 0.2) is 60.8 Å². The molecule has 3 N–H and O–H groups in total. The molecule has 0 spiro atoms. The number of nitrogen functional groups attached to an aromatic ring is 1. The molecule has 0 saturated heterocycles. The molecule has 0 aliphatic heterocycles. The van der Waals surface area contributed by atoms with Gasteiger partial charge in [-0.1, -0.05) is 17.7 Å². The Labute approximate surface area is 232 Å². The van der Waals surface area contributed by atoms with E-state index in [1.54, 1.807) is 38.4 Å². The highest BCUT2D eigenvalue weighted by Gasteiger charge is 2.23. The molecule has 4 aromatic rings. The first kappa shape index (κ1) is 29.2. The predicted octanol–water partition coefficient (Wildman–Crippen LogP) is 5.68. The smallest absolute Gasteiger partial charge is 0.318 e. The summed E-state index contributed by atoms with van der Waals surface area (Å²) in [7, 11) is 3.12. The number of hydrogen-bond donors (Lipinski definition) is 2. The number of carbonyl (C=O) groups is 2. The van der Waals surface area contributed by atoms with Crippen LogP contribution in [-0.4, -0.2) is 42.7 Å². The average Bonchev–Trinajstić information content (AvgIpc) is 2.96. The van der Waals surface area contributed by atoms with E-state index in [9.17, 15) is 9.59 Å². The van der Waals surface area contributed by atoms with Gasteiger partial charge in [0.1, 0.15) is 17.4 Å². The van der Waals surface area contributed by atoms with Crippen molar-refractivity contribution >= 4 is 45.8 Å². The number of pyridine rings is 2. The molecular formula is C29H31ClN4O5. The summed E-state index contributed by atoms with van der Waals surface area (Å²) in [6, 6.07) is 16.3. The second kappa shape index (κ2) is 13.4. The fourth-order valence-electron chi connectivity index (χ4n) is 3.61. The van der Waals surface area contributed by atoms with Gasteiger partial charge in [0, 0.05) is 40.7 Å². The molecule has 0 saturated carbocycles. The zero-order valence-corrected chi connectivity index (χ0v) is 23.2. The van der Waals surface area contributed by atoms with Crippen molar-refractivity contribution < 1.29 is 23.8 Å². The van der Waals surface area contributed by atoms with Gasteiger partial charge in [0.15, 0.2) is 0 Å². The summed E-state index contributed by atoms with van der Waals surface area (Å²) < 4.78 is 15.1. The van der Waals surface area contributed by atoms with Crippen LogP contribution < -0.4 is 20.5 Å². The molecule has 39 heavy (non-hydrogen) atoms. The number of benzene rings is 2. The molecule has 9 nitrogen and oxygen atoms in total. The first-order valence-electron chi connectivity index (χ1n) is 12.2. The Kier molecular flexibility index (Phi) is 10.1. The number of carbonyl (C=O) groups excluding carboxylic acids is 2. The van der Waals surface area contributed by atoms with Gasteiger partial charge in [0.05, 0.1) is 42.8 Å². The minimum Gasteiger partial charge on any atom is -0.497 e. The molecular weight excluding hydrogens is 520 g/mol. The second-order valence-corrected chi connectivity index (χ2v) is 8.82. The van der Waals surface area contributed by atoms with E-state index in [0.29, 0.717) is 16.5 Å². The SMILES string of the molecule is CCOC(=O)C(C)C(=O)Nc1ccc(Cl)c(OC)c1.COc1ccc2c(N)c(C)c(-c3ccccn3)nc2c1. The fraction of sp³-hybridized carbons (Fsp3) is 0.241. The number of ether oxygens (including phenoxy) is 3. The maximum absolute atomic E-state index is 11.8. The van der Waals surface area contributed by atoms with Crippen LogP contribution in [0.1, 0.15) is 19.4 Å². The van der Waals surface area contributed by atoms with Crippen LogP contribution in [0, 0.1) is 12.8 Å². The minimum absolute atomic E-state index is 0.241. The summed E-state index contributed by atoms with van der Waals surface area (Å²) in [6.45, 7) is 5.38. The Morgan fingerprint density at radius 2 is 1.85 bits per heavy atom. The number of aromatic nitrogens is 2. The highest BCUT2D eigenvalue weighted by atomic mass is 35.5. The van der Waals surface area contributed by atoms with Crippen LogP contribution in [0.2, 0.25) is 5.02 Å². The van der Waals surface area contributed by atoms with Gasteiger partial charge in [-0.05, 0) is 57.2 Å². The summed E-state index contributed by atoms with van der Waals surface area (Å²) in [5.74, 6) is -0.658. The number of nitrogens with zero attached hydrogens (tertiary/aromatic N) is 2. The number of rotatable bonds is 7. The van der Waals surface area contributed by atoms with Crippen LogP contribution in [0.4, 0.5) is 11.4 Å². The van der Waals surface area contributed by atoms with Crippen molar-refractivity contribution in [2.24, 2.45) is 5.92 Å². The van der Waals surface area contributed by atoms with Crippen molar-refractivity contribution in [3.63, 3.8) is 0 Å². The lowest BCUT2D eigenvalue weighted by atomic mass is 10.0. The molecule has 204 valence electrons. The molecule has 1 atom stereocenters. The first-order valence-corrected chi connectivity index (χ1v) is 12.5. The van der Waals surface area contributed by atoms with Crippen LogP contribution in [-0.2, 0) is 14.3 Å². The second-order valence-electron chi connectivity index (χ2n) is 8.41. The molecule has 1 amide bonds. The van der Waals surface area contributed by atoms with Crippen molar-refractivity contribution in [2.75, 3.05) is 31.9 Å². The van der Waals surface area contributed by atoms with Crippen molar-refractivity contribution in [3.8, 4) is 22.9 Å². The van der Waals surface area contributed by atoms with E-state index in [1.807, 2.05) is 43.3 Å². The normalized spacial score (nSPS) is 11.1. The Morgan fingerprint density at radius 1 is 1.08 bits per heavy atom. The van der Waals surface area contributed by atoms with Crippen molar-refractivity contribution in [2.45, 2.75) is 20.8 Å². The quantitative estimate of drug-likeness (QED) is 0.222. The van der Waals surface area contributed by atoms with Gasteiger partial charge in [-0.15, -0.1) is 0 Å². The van der Waals surface area contributed by atoms with E-state index < -0.39 is 17.8 Å². The number of fused-ring (bicyclic) bond motifs is 1. The van der Waals surface area contributed by atoms with Gasteiger partial charge in [0.25, 0.3) is 0 Å². The van der Waals surface area contributed by atoms with Crippen molar-refractivity contribution in [1.82, 2.24) is 9.97 Å². The predicted molar refractivity (Wildman–Crippen MR) is 153 cm³/mol. The molecule has 0 radical (unpaired) electrons. The fourth-order valence-corrected chi connectivity index (χ4v) is 3.80. The van der Waals surface area contributed by atoms with Crippen molar-refractivity contribution in [3.05, 3.63) is 71.4 Å². The topological polar surface area (TPSA) is 126 Å². The molecule has 0 fully saturated rings. The van der Waals surface area contributed by atoms with Gasteiger partial charge in [-0.3, -0.25) is 14.6 Å². The van der Waals surface area contributed by atoms with E-state index >= 15 is 0 Å². The van der Waals surface area contributed by atoms with Crippen LogP contribution in [0.3, 0.4) is 0 Å². The van der Waals surface area contributed by atoms with Crippen LogP contribution in [0.25, 0.3) is 22.3 Å². The monoisotopic (exact) mass is 550 g/mol. The highest BCUT2D eigenvalue weighted by Crippen LogP contribution is 2.32. The van der Waals surface area contributed by atoms with Crippen LogP contribution in [0.5, 0.6) is 11.5 Å². The lowest BCUT2D eigenvalue weighted by Gasteiger charge is -2.12. The van der Waals surface area contributed by atoms with Gasteiger partial charge >= 0.3 is 5.97 Å². The number of anilines is 2. The average molecular weight is 551 g/mol. The van der Waals surface area contributed by atoms with Gasteiger partial charge in [-0.2, -0.15) is 0 Å². The maximum Gasteiger partial charge on any atom is 0.318 e. The van der Waals surface area contributed by atoms with E-state index in [0.717, 1.165) is 39.3 Å². The number of methoxy groups -OCH3 is 2. The third-order valence-electron chi connectivity index (χ3n) is 5.85. The number of esters is 1. The Bertz CT molecular complexity index is 1460. The third-order valence-corrected chi connectivity index (χ3v) is 6.16. The minimum atomic E-state index is -0.873. The van der Waals surface area contributed by atoms with Gasteiger partial charge in [-0.25, -0.2) is 4.98 Å². The molecule has 4 rings (SSSR count). The summed E-state index contributed by atoms with van der Waals surface area (Å²) in [5.41, 5.74) is 10.9. The lowest BCUT2D eigenvalue weighted by Crippen LogP contribution is -2.28. The van der Waals surface area contributed by atoms with Crippen LogP contribution >= 0.6 is 11.6 Å². The van der Waals surface area contributed by atoms with Gasteiger partial charge < -0.3 is 25.3 Å². The zero-order chi connectivity index (χ0) is 28.5. The summed E-state index contributed by atoms with van der Waals surface area (Å²) in [6.07, 6.45) is 1.75. The Hall–Kier alpha value is -4.37. The first-order chi connectivity index (χ1) is 18.7. The molecule has 1 unspecified atom stereocenters. The summed E-state index contributed by atoms with van der Waals surface area (Å²) >= 11 is 5.88. The van der Waals surface area contributed by atoms with E-state index in [1.165, 1.54) is 14.0 Å². The standard InChI is InChI=1S/C16H15N3O.C13H16ClNO4/c1-10-15(17)12-7-6-11(20-2)9-14(12)19-16(10)13-5-3-4-8-18-13;1-4-19-13(17)8(2)12(16)15-9-5-6-10(14)11(7-9)18-3/h3-9H,1-2H3,(H2,17,19);5-8H,4H2,1-3H3,(H,15,16). The molecule has 2 aromatic heterocycles. The highest BCUT2D eigenvalue weighted by molar-refractivity contribution is 6.32. The van der Waals surface area contributed by atoms with E-state index in [2.05, 4.69) is 10.3 Å². The summed E-state index contributed by atoms with van der Waals surface area (Å²) in [4.78, 5) is 32.3. The third kappa shape index (κ3) is 7.14. The number of nitrogens with two attached hydrogens (primary N) is 1. The Balaban J connectivity index is 0.000000216. The molecule has 10 heteroatoms.